The topological polar surface area (TPSA) is 161 Å². The second kappa shape index (κ2) is 14.7. The number of imide groups is 1. The van der Waals surface area contributed by atoms with Gasteiger partial charge in [-0.05, 0) is 37.5 Å². The summed E-state index contributed by atoms with van der Waals surface area (Å²) >= 11 is 1.72. The molecule has 1 fully saturated rings. The van der Waals surface area contributed by atoms with E-state index >= 15 is 0 Å². The summed E-state index contributed by atoms with van der Waals surface area (Å²) in [6, 6.07) is 14.7. The third kappa shape index (κ3) is 8.00. The predicted molar refractivity (Wildman–Crippen MR) is 182 cm³/mol. The first-order valence-corrected chi connectivity index (χ1v) is 17.2. The highest BCUT2D eigenvalue weighted by Crippen LogP contribution is 2.44. The van der Waals surface area contributed by atoms with Crippen molar-refractivity contribution in [1.29, 1.82) is 0 Å². The van der Waals surface area contributed by atoms with Crippen molar-refractivity contribution in [3.05, 3.63) is 107 Å². The minimum atomic E-state index is -5.19. The average molecular weight is 744 g/mol. The molecule has 2 unspecified atom stereocenters. The van der Waals surface area contributed by atoms with Crippen molar-refractivity contribution >= 4 is 58.0 Å². The predicted octanol–water partition coefficient (Wildman–Crippen LogP) is 5.46. The summed E-state index contributed by atoms with van der Waals surface area (Å²) < 4.78 is 49.8. The van der Waals surface area contributed by atoms with Crippen molar-refractivity contribution < 1.29 is 46.6 Å². The fraction of sp³-hybridized carbons (Fsp3) is 0.294. The number of thiazole rings is 1. The van der Waals surface area contributed by atoms with Crippen LogP contribution in [0.5, 0.6) is 0 Å². The van der Waals surface area contributed by atoms with Crippen LogP contribution in [0, 0.1) is 0 Å². The highest BCUT2D eigenvalue weighted by Gasteiger charge is 2.59. The first kappa shape index (κ1) is 37.3. The van der Waals surface area contributed by atoms with E-state index in [1.807, 2.05) is 12.1 Å². The number of thioether (sulfide) groups is 1. The third-order valence-corrected chi connectivity index (χ3v) is 9.59. The zero-order chi connectivity index (χ0) is 37.2. The van der Waals surface area contributed by atoms with Crippen LogP contribution < -0.4 is 11.1 Å². The number of hydrogen-bond acceptors (Lipinski definition) is 11. The number of alkyl halides is 3. The number of rotatable bonds is 9. The molecule has 4 amide bonds. The Morgan fingerprint density at radius 3 is 2.18 bits per heavy atom. The van der Waals surface area contributed by atoms with Crippen molar-refractivity contribution in [2.75, 3.05) is 11.1 Å². The quantitative estimate of drug-likeness (QED) is 0.213. The molecule has 12 nitrogen and oxygen atoms in total. The molecule has 0 saturated carbocycles. The Balaban J connectivity index is 1.44. The molecule has 51 heavy (non-hydrogen) atoms. The Kier molecular flexibility index (Phi) is 10.7. The molecule has 3 heterocycles. The van der Waals surface area contributed by atoms with Gasteiger partial charge in [-0.15, -0.1) is 23.1 Å². The number of nitrogens with zero attached hydrogens (tertiary/aromatic N) is 3. The summed E-state index contributed by atoms with van der Waals surface area (Å²) in [5.74, 6) is -4.96. The van der Waals surface area contributed by atoms with Crippen LogP contribution in [0.25, 0.3) is 0 Å². The number of carbonyl (C=O) groups is 5. The minimum Gasteiger partial charge on any atom is -0.448 e. The number of halogens is 3. The van der Waals surface area contributed by atoms with E-state index < -0.39 is 70.3 Å². The van der Waals surface area contributed by atoms with E-state index in [4.69, 9.17) is 15.2 Å². The Labute approximate surface area is 298 Å². The van der Waals surface area contributed by atoms with E-state index in [9.17, 15) is 37.1 Å². The van der Waals surface area contributed by atoms with E-state index in [0.29, 0.717) is 32.9 Å². The lowest BCUT2D eigenvalue weighted by molar-refractivity contribution is -0.167. The van der Waals surface area contributed by atoms with E-state index in [0.717, 1.165) is 22.0 Å². The first-order chi connectivity index (χ1) is 24.0. The van der Waals surface area contributed by atoms with Crippen molar-refractivity contribution in [1.82, 2.24) is 14.8 Å². The summed E-state index contributed by atoms with van der Waals surface area (Å²) in [6.45, 7) is 8.41. The number of anilines is 1. The Morgan fingerprint density at radius 2 is 1.65 bits per heavy atom. The number of benzene rings is 2. The summed E-state index contributed by atoms with van der Waals surface area (Å²) in [4.78, 5) is 72.4. The highest BCUT2D eigenvalue weighted by atomic mass is 32.2. The molecule has 268 valence electrons. The molecule has 2 aliphatic rings. The molecule has 0 aliphatic carbocycles. The Bertz CT molecular complexity index is 1840. The van der Waals surface area contributed by atoms with E-state index in [1.165, 1.54) is 26.8 Å². The van der Waals surface area contributed by atoms with Gasteiger partial charge >= 0.3 is 24.1 Å². The maximum Gasteiger partial charge on any atom is 0.471 e. The standard InChI is InChI=1S/C34H32F3N5O7S2/c1-5-18-16-50-28-24(27(44)41(28)23(18)29(45)48-25(19-12-8-6-9-13-19)20-14-10-7-11-15-20)42(32(47)49-33(2,3)4)26(43)22(38)21-17-51-31(39-21)40-30(46)34(35,36)37/h5-15,17,22,24-25,28H,1,16,38H2,2-4H3,(H,39,40,46)/t22?,24?,28-/m1/s1. The monoisotopic (exact) mass is 743 g/mol. The number of nitrogens with two attached hydrogens (primary N) is 1. The van der Waals surface area contributed by atoms with Gasteiger partial charge in [0, 0.05) is 11.1 Å². The van der Waals surface area contributed by atoms with Gasteiger partial charge in [0.2, 0.25) is 0 Å². The molecule has 3 N–H and O–H groups in total. The lowest BCUT2D eigenvalue weighted by Crippen LogP contribution is -2.73. The van der Waals surface area contributed by atoms with Crippen molar-refractivity contribution in [3.8, 4) is 0 Å². The summed E-state index contributed by atoms with van der Waals surface area (Å²) in [5, 5.41) is 1.24. The molecule has 0 bridgehead atoms. The number of carbonyl (C=O) groups excluding carboxylic acids is 5. The number of fused-ring (bicyclic) bond motifs is 1. The number of esters is 1. The Hall–Kier alpha value is -5.00. The molecule has 1 aromatic heterocycles. The van der Waals surface area contributed by atoms with Gasteiger partial charge in [-0.1, -0.05) is 73.3 Å². The van der Waals surface area contributed by atoms with E-state index in [-0.39, 0.29) is 17.1 Å². The molecule has 1 saturated heterocycles. The summed E-state index contributed by atoms with van der Waals surface area (Å²) in [5.41, 5.74) is 6.38. The average Bonchev–Trinajstić information content (AvgIpc) is 3.55. The van der Waals surface area contributed by atoms with E-state index in [2.05, 4.69) is 11.6 Å². The van der Waals surface area contributed by atoms with Gasteiger partial charge in [-0.2, -0.15) is 13.2 Å². The van der Waals surface area contributed by atoms with Gasteiger partial charge in [-0.25, -0.2) is 19.5 Å². The largest absolute Gasteiger partial charge is 0.471 e. The number of amides is 4. The number of aromatic nitrogens is 1. The number of hydrogen-bond donors (Lipinski definition) is 2. The molecule has 0 radical (unpaired) electrons. The number of allylic oxidation sites excluding steroid dienone is 1. The fourth-order valence-electron chi connectivity index (χ4n) is 5.20. The van der Waals surface area contributed by atoms with Gasteiger partial charge in [0.1, 0.15) is 22.7 Å². The van der Waals surface area contributed by atoms with Crippen LogP contribution >= 0.6 is 23.1 Å². The normalized spacial score (nSPS) is 18.0. The van der Waals surface area contributed by atoms with Crippen LogP contribution in [-0.2, 0) is 28.7 Å². The number of β-lactam (4-membered cyclic amide) rings is 1. The molecule has 17 heteroatoms. The zero-order valence-electron chi connectivity index (χ0n) is 27.4. The van der Waals surface area contributed by atoms with Crippen LogP contribution in [0.2, 0.25) is 0 Å². The van der Waals surface area contributed by atoms with Gasteiger partial charge < -0.3 is 15.2 Å². The minimum absolute atomic E-state index is 0.114. The molecular weight excluding hydrogens is 712 g/mol. The summed E-state index contributed by atoms with van der Waals surface area (Å²) in [6.07, 6.45) is -5.84. The van der Waals surface area contributed by atoms with Crippen LogP contribution in [0.1, 0.15) is 49.7 Å². The lowest BCUT2D eigenvalue weighted by atomic mass is 9.99. The SMILES string of the molecule is C=CC1=C(C(=O)OC(c2ccccc2)c2ccccc2)N2C(=O)C(N(C(=O)OC(C)(C)C)C(=O)C(N)c3csc(NC(=O)C(F)(F)F)n3)[C@H]2SC1. The van der Waals surface area contributed by atoms with Crippen molar-refractivity contribution in [2.24, 2.45) is 5.73 Å². The summed E-state index contributed by atoms with van der Waals surface area (Å²) in [7, 11) is 0. The second-order valence-electron chi connectivity index (χ2n) is 12.2. The highest BCUT2D eigenvalue weighted by molar-refractivity contribution is 8.00. The van der Waals surface area contributed by atoms with Crippen molar-refractivity contribution in [3.63, 3.8) is 0 Å². The molecule has 2 aliphatic heterocycles. The molecule has 2 aromatic carbocycles. The van der Waals surface area contributed by atoms with Crippen molar-refractivity contribution in [2.45, 2.75) is 56.1 Å². The third-order valence-electron chi connectivity index (χ3n) is 7.53. The maximum absolute atomic E-state index is 14.0. The molecular formula is C34H32F3N5O7S2. The molecule has 3 aromatic rings. The van der Waals surface area contributed by atoms with Crippen LogP contribution in [0.4, 0.5) is 23.1 Å². The lowest BCUT2D eigenvalue weighted by Gasteiger charge is -2.52. The molecule has 3 atom stereocenters. The molecule has 5 rings (SSSR count). The van der Waals surface area contributed by atoms with Gasteiger partial charge in [0.25, 0.3) is 11.8 Å². The maximum atomic E-state index is 14.0. The van der Waals surface area contributed by atoms with E-state index in [1.54, 1.807) is 53.8 Å². The number of nitrogens with one attached hydrogen (secondary N) is 1. The number of ether oxygens (including phenoxy) is 2. The van der Waals surface area contributed by atoms with Gasteiger partial charge in [0.15, 0.2) is 17.3 Å². The zero-order valence-corrected chi connectivity index (χ0v) is 29.0. The molecule has 0 spiro atoms. The van der Waals surface area contributed by atoms with Crippen LogP contribution in [-0.4, -0.2) is 73.5 Å². The first-order valence-electron chi connectivity index (χ1n) is 15.3. The Morgan fingerprint density at radius 1 is 1.06 bits per heavy atom. The van der Waals surface area contributed by atoms with Gasteiger partial charge in [0.05, 0.1) is 5.69 Å². The second-order valence-corrected chi connectivity index (χ2v) is 14.2. The van der Waals surface area contributed by atoms with Gasteiger partial charge in [-0.3, -0.25) is 24.6 Å². The smallest absolute Gasteiger partial charge is 0.448 e. The fourth-order valence-corrected chi connectivity index (χ4v) is 7.33. The van der Waals surface area contributed by atoms with Crippen LogP contribution in [0.15, 0.2) is 90.0 Å². The van der Waals surface area contributed by atoms with Crippen LogP contribution in [0.3, 0.4) is 0 Å².